The molecule has 2 rings (SSSR count). The fraction of sp³-hybridized carbons (Fsp3) is 0.600. The second-order valence-corrected chi connectivity index (χ2v) is 6.26. The summed E-state index contributed by atoms with van der Waals surface area (Å²) in [4.78, 5) is 2.35. The zero-order valence-corrected chi connectivity index (χ0v) is 13.4. The molecule has 1 aliphatic heterocycles. The van der Waals surface area contributed by atoms with Gasteiger partial charge < -0.3 is 10.2 Å². The van der Waals surface area contributed by atoms with Crippen LogP contribution in [0.5, 0.6) is 0 Å². The third kappa shape index (κ3) is 3.36. The molecule has 19 heavy (non-hydrogen) atoms. The van der Waals surface area contributed by atoms with Crippen molar-refractivity contribution in [2.24, 2.45) is 5.92 Å². The lowest BCUT2D eigenvalue weighted by Crippen LogP contribution is -2.53. The molecule has 1 saturated heterocycles. The van der Waals surface area contributed by atoms with E-state index in [-0.39, 0.29) is 0 Å². The van der Waals surface area contributed by atoms with E-state index >= 15 is 0 Å². The summed E-state index contributed by atoms with van der Waals surface area (Å²) in [5, 5.41) is 5.18. The number of rotatable bonds is 3. The normalized spacial score (nSPS) is 21.5. The average molecular weight is 301 g/mol. The minimum Gasteiger partial charge on any atom is -0.367 e. The van der Waals surface area contributed by atoms with Gasteiger partial charge in [0.1, 0.15) is 0 Å². The van der Waals surface area contributed by atoms with Crippen LogP contribution in [0, 0.1) is 12.8 Å². The molecule has 1 aromatic rings. The van der Waals surface area contributed by atoms with Crippen LogP contribution in [-0.2, 0) is 0 Å². The van der Waals surface area contributed by atoms with Crippen molar-refractivity contribution in [3.05, 3.63) is 27.7 Å². The molecule has 106 valence electrons. The molecule has 0 saturated carbocycles. The van der Waals surface area contributed by atoms with Crippen LogP contribution in [0.3, 0.4) is 0 Å². The lowest BCUT2D eigenvalue weighted by Gasteiger charge is -2.38. The molecule has 2 unspecified atom stereocenters. The molecule has 0 bridgehead atoms. The second kappa shape index (κ2) is 6.34. The molecule has 0 aliphatic carbocycles. The maximum atomic E-state index is 6.38. The van der Waals surface area contributed by atoms with Gasteiger partial charge in [-0.05, 0) is 30.5 Å². The minimum absolute atomic E-state index is 0.523. The molecule has 2 atom stereocenters. The topological polar surface area (TPSA) is 15.3 Å². The Balaban J connectivity index is 2.19. The van der Waals surface area contributed by atoms with Gasteiger partial charge in [0.2, 0.25) is 0 Å². The van der Waals surface area contributed by atoms with Gasteiger partial charge in [0.05, 0.1) is 10.7 Å². The first-order valence-electron chi connectivity index (χ1n) is 6.97. The van der Waals surface area contributed by atoms with E-state index in [9.17, 15) is 0 Å². The highest BCUT2D eigenvalue weighted by Gasteiger charge is 2.24. The van der Waals surface area contributed by atoms with E-state index in [1.54, 1.807) is 0 Å². The van der Waals surface area contributed by atoms with Crippen LogP contribution in [0.4, 0.5) is 5.69 Å². The Morgan fingerprint density at radius 2 is 2.11 bits per heavy atom. The molecule has 2 nitrogen and oxygen atoms in total. The van der Waals surface area contributed by atoms with Gasteiger partial charge in [-0.15, -0.1) is 0 Å². The van der Waals surface area contributed by atoms with Crippen molar-refractivity contribution < 1.29 is 0 Å². The fourth-order valence-corrected chi connectivity index (χ4v) is 3.04. The fourth-order valence-electron chi connectivity index (χ4n) is 2.54. The van der Waals surface area contributed by atoms with E-state index in [0.29, 0.717) is 12.0 Å². The van der Waals surface area contributed by atoms with Gasteiger partial charge in [-0.3, -0.25) is 0 Å². The minimum atomic E-state index is 0.523. The van der Waals surface area contributed by atoms with Crippen molar-refractivity contribution in [2.75, 3.05) is 24.5 Å². The first-order chi connectivity index (χ1) is 9.02. The number of piperazine rings is 1. The summed E-state index contributed by atoms with van der Waals surface area (Å²) in [6.07, 6.45) is 1.19. The van der Waals surface area contributed by atoms with Crippen molar-refractivity contribution in [3.8, 4) is 0 Å². The first-order valence-corrected chi connectivity index (χ1v) is 7.72. The van der Waals surface area contributed by atoms with Gasteiger partial charge in [0.25, 0.3) is 0 Å². The average Bonchev–Trinajstić information content (AvgIpc) is 2.42. The Kier molecular flexibility index (Phi) is 4.99. The molecule has 1 fully saturated rings. The molecule has 1 aliphatic rings. The van der Waals surface area contributed by atoms with E-state index in [1.165, 1.54) is 6.42 Å². The molecule has 0 spiro atoms. The van der Waals surface area contributed by atoms with Crippen molar-refractivity contribution in [1.82, 2.24) is 5.32 Å². The highest BCUT2D eigenvalue weighted by molar-refractivity contribution is 6.35. The van der Waals surface area contributed by atoms with Gasteiger partial charge in [-0.25, -0.2) is 0 Å². The lowest BCUT2D eigenvalue weighted by molar-refractivity contribution is 0.342. The second-order valence-electron chi connectivity index (χ2n) is 5.44. The Morgan fingerprint density at radius 1 is 1.37 bits per heavy atom. The molecule has 0 amide bonds. The number of hydrogen-bond acceptors (Lipinski definition) is 2. The molecular formula is C15H22Cl2N2. The van der Waals surface area contributed by atoms with Crippen LogP contribution in [0.1, 0.15) is 25.8 Å². The predicted molar refractivity (Wildman–Crippen MR) is 84.7 cm³/mol. The monoisotopic (exact) mass is 300 g/mol. The third-order valence-electron chi connectivity index (χ3n) is 4.10. The number of benzene rings is 1. The maximum absolute atomic E-state index is 6.38. The summed E-state index contributed by atoms with van der Waals surface area (Å²) in [5.41, 5.74) is 2.09. The number of anilines is 1. The van der Waals surface area contributed by atoms with Gasteiger partial charge in [0, 0.05) is 30.7 Å². The Hall–Kier alpha value is -0.440. The zero-order chi connectivity index (χ0) is 14.0. The van der Waals surface area contributed by atoms with Crippen molar-refractivity contribution in [2.45, 2.75) is 33.2 Å². The van der Waals surface area contributed by atoms with Crippen LogP contribution in [0.2, 0.25) is 10.0 Å². The van der Waals surface area contributed by atoms with E-state index in [1.807, 2.05) is 19.1 Å². The highest BCUT2D eigenvalue weighted by atomic mass is 35.5. The van der Waals surface area contributed by atoms with Crippen LogP contribution in [0.15, 0.2) is 12.1 Å². The number of nitrogens with zero attached hydrogens (tertiary/aromatic N) is 1. The number of halogens is 2. The molecule has 4 heteroatoms. The summed E-state index contributed by atoms with van der Waals surface area (Å²) in [6, 6.07) is 4.48. The quantitative estimate of drug-likeness (QED) is 0.903. The number of hydrogen-bond donors (Lipinski definition) is 1. The summed E-state index contributed by atoms with van der Waals surface area (Å²) in [7, 11) is 0. The molecule has 1 heterocycles. The van der Waals surface area contributed by atoms with Crippen LogP contribution in [0.25, 0.3) is 0 Å². The smallest absolute Gasteiger partial charge is 0.0643 e. The maximum Gasteiger partial charge on any atom is 0.0643 e. The number of aryl methyl sites for hydroxylation is 1. The van der Waals surface area contributed by atoms with Gasteiger partial charge in [0.15, 0.2) is 0 Å². The lowest BCUT2D eigenvalue weighted by atomic mass is 9.97. The summed E-state index contributed by atoms with van der Waals surface area (Å²) in [5.74, 6) is 0.669. The highest BCUT2D eigenvalue weighted by Crippen LogP contribution is 2.32. The van der Waals surface area contributed by atoms with E-state index < -0.39 is 0 Å². The van der Waals surface area contributed by atoms with Crippen molar-refractivity contribution in [3.63, 3.8) is 0 Å². The summed E-state index contributed by atoms with van der Waals surface area (Å²) < 4.78 is 0. The van der Waals surface area contributed by atoms with Gasteiger partial charge in [-0.2, -0.15) is 0 Å². The third-order valence-corrected chi connectivity index (χ3v) is 4.81. The molecule has 1 N–H and O–H groups in total. The van der Waals surface area contributed by atoms with Crippen LogP contribution in [-0.4, -0.2) is 25.7 Å². The molecular weight excluding hydrogens is 279 g/mol. The first kappa shape index (κ1) is 15.0. The van der Waals surface area contributed by atoms with Crippen molar-refractivity contribution in [1.29, 1.82) is 0 Å². The van der Waals surface area contributed by atoms with Crippen LogP contribution >= 0.6 is 23.2 Å². The van der Waals surface area contributed by atoms with Crippen molar-refractivity contribution >= 4 is 28.9 Å². The standard InChI is InChI=1S/C15H22Cl2N2/c1-4-10(2)14-9-19(6-5-18-14)15-8-12(16)11(3)7-13(15)17/h7-8,10,14,18H,4-6,9H2,1-3H3. The SMILES string of the molecule is CCC(C)C1CN(c2cc(Cl)c(C)cc2Cl)CCN1. The van der Waals surface area contributed by atoms with Gasteiger partial charge >= 0.3 is 0 Å². The largest absolute Gasteiger partial charge is 0.367 e. The zero-order valence-electron chi connectivity index (χ0n) is 11.8. The van der Waals surface area contributed by atoms with E-state index in [0.717, 1.165) is 40.9 Å². The Labute approximate surface area is 126 Å². The summed E-state index contributed by atoms with van der Waals surface area (Å²) >= 11 is 12.6. The van der Waals surface area contributed by atoms with E-state index in [4.69, 9.17) is 23.2 Å². The molecule has 1 aromatic carbocycles. The van der Waals surface area contributed by atoms with E-state index in [2.05, 4.69) is 24.1 Å². The Morgan fingerprint density at radius 3 is 2.79 bits per heavy atom. The Bertz CT molecular complexity index is 448. The molecule has 0 radical (unpaired) electrons. The predicted octanol–water partition coefficient (Wildman–Crippen LogP) is 4.13. The summed E-state index contributed by atoms with van der Waals surface area (Å²) in [6.45, 7) is 9.49. The number of nitrogens with one attached hydrogen (secondary N) is 1. The van der Waals surface area contributed by atoms with Gasteiger partial charge in [-0.1, -0.05) is 43.5 Å². The van der Waals surface area contributed by atoms with Crippen LogP contribution < -0.4 is 10.2 Å². The molecule has 0 aromatic heterocycles.